The lowest BCUT2D eigenvalue weighted by atomic mass is 10.2. The number of carbonyl (C=O) groups excluding carboxylic acids is 1. The van der Waals surface area contributed by atoms with Crippen LogP contribution in [0.15, 0.2) is 30.3 Å². The monoisotopic (exact) mass is 216 g/mol. The number of aryl methyl sites for hydroxylation is 1. The predicted molar refractivity (Wildman–Crippen MR) is 61.9 cm³/mol. The summed E-state index contributed by atoms with van der Waals surface area (Å²) in [7, 11) is 0. The first kappa shape index (κ1) is 10.4. The van der Waals surface area contributed by atoms with Crippen molar-refractivity contribution < 1.29 is 9.63 Å². The minimum atomic E-state index is -0.378. The maximum absolute atomic E-state index is 10.7. The zero-order valence-electron chi connectivity index (χ0n) is 9.15. The first-order valence-electron chi connectivity index (χ1n) is 4.96. The lowest BCUT2D eigenvalue weighted by molar-refractivity contribution is -0.137. The molecule has 16 heavy (non-hydrogen) atoms. The van der Waals surface area contributed by atoms with Gasteiger partial charge >= 0.3 is 5.97 Å². The van der Waals surface area contributed by atoms with Gasteiger partial charge in [0.25, 0.3) is 0 Å². The van der Waals surface area contributed by atoms with E-state index in [2.05, 4.69) is 10.5 Å². The number of pyridine rings is 1. The van der Waals surface area contributed by atoms with Crippen LogP contribution in [-0.2, 0) is 9.63 Å². The Labute approximate surface area is 93.2 Å². The fourth-order valence-electron chi connectivity index (χ4n) is 1.47. The number of benzene rings is 1. The summed E-state index contributed by atoms with van der Waals surface area (Å²) in [6.07, 6.45) is 0. The van der Waals surface area contributed by atoms with Crippen LogP contribution >= 0.6 is 0 Å². The highest BCUT2D eigenvalue weighted by atomic mass is 16.7. The second-order valence-electron chi connectivity index (χ2n) is 3.52. The molecule has 0 aliphatic carbocycles. The summed E-state index contributed by atoms with van der Waals surface area (Å²) in [4.78, 5) is 19.8. The summed E-state index contributed by atoms with van der Waals surface area (Å²) in [5.74, 6) is -0.378. The Hall–Kier alpha value is -2.10. The van der Waals surface area contributed by atoms with Gasteiger partial charge in [0.1, 0.15) is 0 Å². The van der Waals surface area contributed by atoms with E-state index < -0.39 is 0 Å². The second kappa shape index (κ2) is 4.18. The molecule has 0 saturated carbocycles. The van der Waals surface area contributed by atoms with Crippen molar-refractivity contribution in [2.24, 2.45) is 0 Å². The van der Waals surface area contributed by atoms with E-state index in [0.717, 1.165) is 22.3 Å². The molecule has 1 aromatic carbocycles. The van der Waals surface area contributed by atoms with Crippen molar-refractivity contribution >= 4 is 22.6 Å². The highest BCUT2D eigenvalue weighted by Gasteiger charge is 2.02. The molecule has 82 valence electrons. The number of aromatic nitrogens is 1. The largest absolute Gasteiger partial charge is 0.344 e. The molecule has 0 aliphatic heterocycles. The van der Waals surface area contributed by atoms with E-state index in [0.29, 0.717) is 0 Å². The number of fused-ring (bicyclic) bond motifs is 1. The van der Waals surface area contributed by atoms with Gasteiger partial charge in [-0.15, -0.1) is 0 Å². The molecule has 1 N–H and O–H groups in total. The minimum absolute atomic E-state index is 0.378. The summed E-state index contributed by atoms with van der Waals surface area (Å²) >= 11 is 0. The summed E-state index contributed by atoms with van der Waals surface area (Å²) in [6, 6.07) is 9.48. The van der Waals surface area contributed by atoms with Gasteiger partial charge in [-0.2, -0.15) is 0 Å². The molecule has 0 saturated heterocycles. The van der Waals surface area contributed by atoms with Crippen LogP contribution in [0.2, 0.25) is 0 Å². The van der Waals surface area contributed by atoms with Crippen LogP contribution < -0.4 is 5.48 Å². The molecule has 0 bridgehead atoms. The van der Waals surface area contributed by atoms with E-state index in [1.54, 1.807) is 0 Å². The van der Waals surface area contributed by atoms with E-state index in [1.807, 2.05) is 37.3 Å². The van der Waals surface area contributed by atoms with Crippen molar-refractivity contribution in [3.05, 3.63) is 36.0 Å². The highest BCUT2D eigenvalue weighted by Crippen LogP contribution is 2.22. The lowest BCUT2D eigenvalue weighted by Crippen LogP contribution is -2.06. The second-order valence-corrected chi connectivity index (χ2v) is 3.52. The summed E-state index contributed by atoms with van der Waals surface area (Å²) < 4.78 is 0. The van der Waals surface area contributed by atoms with Gasteiger partial charge in [-0.05, 0) is 31.2 Å². The highest BCUT2D eigenvalue weighted by molar-refractivity contribution is 5.91. The molecule has 2 rings (SSSR count). The molecule has 0 aliphatic rings. The van der Waals surface area contributed by atoms with E-state index in [-0.39, 0.29) is 5.97 Å². The average Bonchev–Trinajstić information content (AvgIpc) is 2.25. The van der Waals surface area contributed by atoms with Crippen molar-refractivity contribution in [1.29, 1.82) is 0 Å². The molecule has 0 radical (unpaired) electrons. The molecule has 1 heterocycles. The lowest BCUT2D eigenvalue weighted by Gasteiger charge is -2.08. The third-order valence-corrected chi connectivity index (χ3v) is 2.18. The minimum Gasteiger partial charge on any atom is -0.344 e. The predicted octanol–water partition coefficient (Wildman–Crippen LogP) is 2.43. The SMILES string of the molecule is CC(=O)ONc1cccc2nc(C)ccc12. The zero-order chi connectivity index (χ0) is 11.5. The summed E-state index contributed by atoms with van der Waals surface area (Å²) in [5, 5.41) is 0.925. The third kappa shape index (κ3) is 2.11. The van der Waals surface area contributed by atoms with Gasteiger partial charge in [-0.25, -0.2) is 5.48 Å². The number of nitrogens with one attached hydrogen (secondary N) is 1. The van der Waals surface area contributed by atoms with Gasteiger partial charge in [-0.1, -0.05) is 6.07 Å². The van der Waals surface area contributed by atoms with E-state index in [9.17, 15) is 4.79 Å². The quantitative estimate of drug-likeness (QED) is 0.783. The molecular formula is C12H12N2O2. The van der Waals surface area contributed by atoms with Crippen LogP contribution in [0.3, 0.4) is 0 Å². The molecule has 0 amide bonds. The Morgan fingerprint density at radius 2 is 2.12 bits per heavy atom. The van der Waals surface area contributed by atoms with Crippen molar-refractivity contribution in [2.45, 2.75) is 13.8 Å². The van der Waals surface area contributed by atoms with Crippen LogP contribution in [0.4, 0.5) is 5.69 Å². The fourth-order valence-corrected chi connectivity index (χ4v) is 1.47. The summed E-state index contributed by atoms with van der Waals surface area (Å²) in [6.45, 7) is 3.28. The van der Waals surface area contributed by atoms with Crippen molar-refractivity contribution in [3.8, 4) is 0 Å². The average molecular weight is 216 g/mol. The maximum Gasteiger partial charge on any atom is 0.329 e. The molecule has 0 fully saturated rings. The van der Waals surface area contributed by atoms with Crippen LogP contribution in [0.25, 0.3) is 10.9 Å². The van der Waals surface area contributed by atoms with Crippen molar-refractivity contribution in [2.75, 3.05) is 5.48 Å². The summed E-state index contributed by atoms with van der Waals surface area (Å²) in [5.41, 5.74) is 5.18. The number of nitrogens with zero attached hydrogens (tertiary/aromatic N) is 1. The number of rotatable bonds is 2. The Morgan fingerprint density at radius 3 is 2.88 bits per heavy atom. The van der Waals surface area contributed by atoms with Gasteiger partial charge in [0.05, 0.1) is 11.2 Å². The molecule has 4 heteroatoms. The molecule has 4 nitrogen and oxygen atoms in total. The Kier molecular flexibility index (Phi) is 2.72. The maximum atomic E-state index is 10.7. The normalized spacial score (nSPS) is 10.1. The van der Waals surface area contributed by atoms with Gasteiger partial charge < -0.3 is 4.84 Å². The van der Waals surface area contributed by atoms with Gasteiger partial charge in [0.15, 0.2) is 0 Å². The van der Waals surface area contributed by atoms with Crippen molar-refractivity contribution in [1.82, 2.24) is 4.98 Å². The van der Waals surface area contributed by atoms with Crippen LogP contribution in [0.5, 0.6) is 0 Å². The number of carbonyl (C=O) groups is 1. The standard InChI is InChI=1S/C12H12N2O2/c1-8-6-7-10-11(13-8)4-3-5-12(10)14-16-9(2)15/h3-7,14H,1-2H3. The molecule has 0 unspecified atom stereocenters. The molecule has 0 spiro atoms. The molecule has 0 atom stereocenters. The molecule has 1 aromatic heterocycles. The Balaban J connectivity index is 2.41. The van der Waals surface area contributed by atoms with Crippen LogP contribution in [-0.4, -0.2) is 11.0 Å². The topological polar surface area (TPSA) is 51.2 Å². The molecular weight excluding hydrogens is 204 g/mol. The number of hydrogen-bond donors (Lipinski definition) is 1. The van der Waals surface area contributed by atoms with Crippen molar-refractivity contribution in [3.63, 3.8) is 0 Å². The third-order valence-electron chi connectivity index (χ3n) is 2.18. The van der Waals surface area contributed by atoms with Crippen LogP contribution in [0, 0.1) is 6.92 Å². The van der Waals surface area contributed by atoms with E-state index in [4.69, 9.17) is 4.84 Å². The first-order valence-corrected chi connectivity index (χ1v) is 4.96. The smallest absolute Gasteiger partial charge is 0.329 e. The van der Waals surface area contributed by atoms with Crippen LogP contribution in [0.1, 0.15) is 12.6 Å². The first-order chi connectivity index (χ1) is 7.66. The van der Waals surface area contributed by atoms with Gasteiger partial charge in [0, 0.05) is 18.0 Å². The fraction of sp³-hybridized carbons (Fsp3) is 0.167. The number of anilines is 1. The Bertz CT molecular complexity index is 538. The zero-order valence-corrected chi connectivity index (χ0v) is 9.15. The molecule has 2 aromatic rings. The number of hydrogen-bond acceptors (Lipinski definition) is 4. The van der Waals surface area contributed by atoms with E-state index in [1.165, 1.54) is 6.92 Å². The van der Waals surface area contributed by atoms with Gasteiger partial charge in [0.2, 0.25) is 0 Å². The van der Waals surface area contributed by atoms with E-state index >= 15 is 0 Å². The Morgan fingerprint density at radius 1 is 1.31 bits per heavy atom. The van der Waals surface area contributed by atoms with Gasteiger partial charge in [-0.3, -0.25) is 9.78 Å².